The molecule has 0 aliphatic carbocycles. The van der Waals surface area contributed by atoms with E-state index in [0.717, 1.165) is 28.0 Å². The Bertz CT molecular complexity index is 1020. The molecule has 1 heterocycles. The first-order valence-corrected chi connectivity index (χ1v) is 10.2. The van der Waals surface area contributed by atoms with Gasteiger partial charge < -0.3 is 14.5 Å². The lowest BCUT2D eigenvalue weighted by Crippen LogP contribution is -2.28. The van der Waals surface area contributed by atoms with E-state index in [4.69, 9.17) is 9.15 Å². The Morgan fingerprint density at radius 2 is 1.77 bits per heavy atom. The highest BCUT2D eigenvalue weighted by atomic mass is 16.5. The van der Waals surface area contributed by atoms with Crippen molar-refractivity contribution in [2.45, 2.75) is 39.7 Å². The van der Waals surface area contributed by atoms with Gasteiger partial charge in [0.2, 0.25) is 0 Å². The molecule has 4 heteroatoms. The van der Waals surface area contributed by atoms with Gasteiger partial charge in [0.1, 0.15) is 11.5 Å². The molecule has 0 bridgehead atoms. The number of carbonyl (C=O) groups excluding carboxylic acids is 1. The average molecular weight is 404 g/mol. The number of benzene rings is 2. The van der Waals surface area contributed by atoms with Gasteiger partial charge in [0.05, 0.1) is 25.0 Å². The third-order valence-electron chi connectivity index (χ3n) is 5.21. The van der Waals surface area contributed by atoms with Crippen LogP contribution >= 0.6 is 0 Å². The highest BCUT2D eigenvalue weighted by Crippen LogP contribution is 2.32. The van der Waals surface area contributed by atoms with Gasteiger partial charge in [-0.05, 0) is 72.4 Å². The molecule has 0 radical (unpaired) electrons. The molecule has 2 aromatic carbocycles. The van der Waals surface area contributed by atoms with Crippen LogP contribution in [0.2, 0.25) is 0 Å². The van der Waals surface area contributed by atoms with E-state index in [-0.39, 0.29) is 11.9 Å². The SMILES string of the molecule is COc1cc(C)c(C(C)NC(=O)/C(=C/c2ccco2)c2ccccc2)cc1C(C)C. The van der Waals surface area contributed by atoms with E-state index < -0.39 is 0 Å². The number of ether oxygens (including phenoxy) is 1. The predicted octanol–water partition coefficient (Wildman–Crippen LogP) is 6.14. The number of furan rings is 1. The molecule has 1 unspecified atom stereocenters. The predicted molar refractivity (Wildman–Crippen MR) is 121 cm³/mol. The molecule has 1 atom stereocenters. The van der Waals surface area contributed by atoms with Crippen molar-refractivity contribution in [3.05, 3.63) is 88.9 Å². The third-order valence-corrected chi connectivity index (χ3v) is 5.21. The Kier molecular flexibility index (Phi) is 6.78. The summed E-state index contributed by atoms with van der Waals surface area (Å²) < 4.78 is 11.0. The maximum Gasteiger partial charge on any atom is 0.252 e. The molecule has 156 valence electrons. The Morgan fingerprint density at radius 3 is 2.37 bits per heavy atom. The van der Waals surface area contributed by atoms with Crippen molar-refractivity contribution in [2.24, 2.45) is 0 Å². The molecule has 30 heavy (non-hydrogen) atoms. The summed E-state index contributed by atoms with van der Waals surface area (Å²) in [5, 5.41) is 3.16. The van der Waals surface area contributed by atoms with E-state index >= 15 is 0 Å². The standard InChI is InChI=1S/C26H29NO3/c1-17(2)22-16-23(18(3)14-25(22)29-5)19(4)27-26(28)24(15-21-12-9-13-30-21)20-10-7-6-8-11-20/h6-17,19H,1-5H3,(H,27,28)/b24-15+. The average Bonchev–Trinajstić information content (AvgIpc) is 3.25. The first-order chi connectivity index (χ1) is 14.4. The van der Waals surface area contributed by atoms with E-state index in [2.05, 4.69) is 25.2 Å². The molecule has 0 saturated heterocycles. The largest absolute Gasteiger partial charge is 0.496 e. The van der Waals surface area contributed by atoms with E-state index in [1.807, 2.05) is 62.4 Å². The zero-order valence-corrected chi connectivity index (χ0v) is 18.2. The maximum atomic E-state index is 13.3. The topological polar surface area (TPSA) is 51.5 Å². The van der Waals surface area contributed by atoms with Crippen molar-refractivity contribution in [1.82, 2.24) is 5.32 Å². The van der Waals surface area contributed by atoms with Crippen molar-refractivity contribution in [3.8, 4) is 5.75 Å². The molecule has 0 aliphatic rings. The smallest absolute Gasteiger partial charge is 0.252 e. The highest BCUT2D eigenvalue weighted by Gasteiger charge is 2.19. The Labute approximate surface area is 178 Å². The van der Waals surface area contributed by atoms with Crippen LogP contribution in [0.3, 0.4) is 0 Å². The lowest BCUT2D eigenvalue weighted by molar-refractivity contribution is -0.116. The molecule has 3 rings (SSSR count). The molecule has 4 nitrogen and oxygen atoms in total. The van der Waals surface area contributed by atoms with Crippen molar-refractivity contribution in [3.63, 3.8) is 0 Å². The number of methoxy groups -OCH3 is 1. The Balaban J connectivity index is 1.92. The number of carbonyl (C=O) groups is 1. The normalized spacial score (nSPS) is 12.7. The summed E-state index contributed by atoms with van der Waals surface area (Å²) in [7, 11) is 1.69. The van der Waals surface area contributed by atoms with Crippen LogP contribution in [0.15, 0.2) is 65.3 Å². The van der Waals surface area contributed by atoms with Crippen LogP contribution in [0.4, 0.5) is 0 Å². The third kappa shape index (κ3) is 4.82. The fourth-order valence-electron chi connectivity index (χ4n) is 3.58. The maximum absolute atomic E-state index is 13.3. The van der Waals surface area contributed by atoms with Gasteiger partial charge in [-0.25, -0.2) is 0 Å². The summed E-state index contributed by atoms with van der Waals surface area (Å²) >= 11 is 0. The van der Waals surface area contributed by atoms with E-state index in [9.17, 15) is 4.79 Å². The summed E-state index contributed by atoms with van der Waals surface area (Å²) in [6.07, 6.45) is 3.38. The van der Waals surface area contributed by atoms with Crippen LogP contribution in [0.5, 0.6) is 5.75 Å². The lowest BCUT2D eigenvalue weighted by atomic mass is 9.93. The van der Waals surface area contributed by atoms with Gasteiger partial charge in [-0.2, -0.15) is 0 Å². The highest BCUT2D eigenvalue weighted by molar-refractivity contribution is 6.24. The van der Waals surface area contributed by atoms with Gasteiger partial charge in [-0.3, -0.25) is 4.79 Å². The molecule has 1 amide bonds. The van der Waals surface area contributed by atoms with Crippen molar-refractivity contribution < 1.29 is 13.9 Å². The van der Waals surface area contributed by atoms with Crippen LogP contribution in [-0.2, 0) is 4.79 Å². The van der Waals surface area contributed by atoms with Crippen LogP contribution in [0.1, 0.15) is 60.7 Å². The van der Waals surface area contributed by atoms with Crippen LogP contribution < -0.4 is 10.1 Å². The molecular weight excluding hydrogens is 374 g/mol. The Morgan fingerprint density at radius 1 is 1.03 bits per heavy atom. The second-order valence-electron chi connectivity index (χ2n) is 7.74. The van der Waals surface area contributed by atoms with Gasteiger partial charge in [-0.1, -0.05) is 44.2 Å². The summed E-state index contributed by atoms with van der Waals surface area (Å²) in [6.45, 7) is 8.33. The molecule has 0 aliphatic heterocycles. The van der Waals surface area contributed by atoms with Gasteiger partial charge in [-0.15, -0.1) is 0 Å². The number of amides is 1. The molecule has 1 N–H and O–H groups in total. The summed E-state index contributed by atoms with van der Waals surface area (Å²) in [6, 6.07) is 17.3. The van der Waals surface area contributed by atoms with Crippen molar-refractivity contribution >= 4 is 17.6 Å². The van der Waals surface area contributed by atoms with Crippen molar-refractivity contribution in [2.75, 3.05) is 7.11 Å². The summed E-state index contributed by atoms with van der Waals surface area (Å²) in [5.74, 6) is 1.69. The van der Waals surface area contributed by atoms with E-state index in [1.165, 1.54) is 0 Å². The number of rotatable bonds is 7. The van der Waals surface area contributed by atoms with Crippen LogP contribution in [0, 0.1) is 6.92 Å². The summed E-state index contributed by atoms with van der Waals surface area (Å²) in [4.78, 5) is 13.3. The quantitative estimate of drug-likeness (QED) is 0.482. The molecule has 0 fully saturated rings. The number of nitrogens with one attached hydrogen (secondary N) is 1. The minimum atomic E-state index is -0.162. The lowest BCUT2D eigenvalue weighted by Gasteiger charge is -2.21. The minimum absolute atomic E-state index is 0.147. The summed E-state index contributed by atoms with van der Waals surface area (Å²) in [5.41, 5.74) is 4.70. The molecule has 1 aromatic heterocycles. The van der Waals surface area contributed by atoms with Gasteiger partial charge >= 0.3 is 0 Å². The molecule has 3 aromatic rings. The fourth-order valence-corrected chi connectivity index (χ4v) is 3.58. The van der Waals surface area contributed by atoms with E-state index in [0.29, 0.717) is 17.3 Å². The number of hydrogen-bond acceptors (Lipinski definition) is 3. The monoisotopic (exact) mass is 403 g/mol. The second-order valence-corrected chi connectivity index (χ2v) is 7.74. The van der Waals surface area contributed by atoms with Crippen LogP contribution in [0.25, 0.3) is 11.6 Å². The zero-order valence-electron chi connectivity index (χ0n) is 18.2. The molecule has 0 saturated carbocycles. The van der Waals surface area contributed by atoms with Gasteiger partial charge in [0.25, 0.3) is 5.91 Å². The zero-order chi connectivity index (χ0) is 21.7. The van der Waals surface area contributed by atoms with Gasteiger partial charge in [0, 0.05) is 0 Å². The van der Waals surface area contributed by atoms with E-state index in [1.54, 1.807) is 19.4 Å². The van der Waals surface area contributed by atoms with Gasteiger partial charge in [0.15, 0.2) is 0 Å². The number of hydrogen-bond donors (Lipinski definition) is 1. The second kappa shape index (κ2) is 9.49. The first-order valence-electron chi connectivity index (χ1n) is 10.2. The number of aryl methyl sites for hydroxylation is 1. The molecular formula is C26H29NO3. The Hall–Kier alpha value is -3.27. The van der Waals surface area contributed by atoms with Crippen molar-refractivity contribution in [1.29, 1.82) is 0 Å². The van der Waals surface area contributed by atoms with Crippen LogP contribution in [-0.4, -0.2) is 13.0 Å². The molecule has 0 spiro atoms. The first kappa shape index (κ1) is 21.4. The fraction of sp³-hybridized carbons (Fsp3) is 0.269. The minimum Gasteiger partial charge on any atom is -0.496 e.